The largest absolute Gasteiger partial charge is 0.461 e. The Kier molecular flexibility index (Phi) is 3.95. The highest BCUT2D eigenvalue weighted by Crippen LogP contribution is 2.29. The minimum absolute atomic E-state index is 0.00329. The fourth-order valence-corrected chi connectivity index (χ4v) is 1.27. The number of hydrogen-bond acceptors (Lipinski definition) is 3. The zero-order valence-electron chi connectivity index (χ0n) is 8.82. The minimum atomic E-state index is -3.19. The second-order valence-electron chi connectivity index (χ2n) is 3.53. The molecule has 0 aromatic heterocycles. The van der Waals surface area contributed by atoms with Crippen LogP contribution < -0.4 is 5.73 Å². The van der Waals surface area contributed by atoms with Crippen LogP contribution >= 0.6 is 0 Å². The van der Waals surface area contributed by atoms with E-state index in [-0.39, 0.29) is 18.1 Å². The molecular formula is C11H13F2NO2. The number of alkyl halides is 2. The maximum atomic E-state index is 13.5. The van der Waals surface area contributed by atoms with E-state index in [4.69, 9.17) is 5.73 Å². The number of benzene rings is 1. The first-order valence-electron chi connectivity index (χ1n) is 4.76. The molecule has 0 bridgehead atoms. The van der Waals surface area contributed by atoms with Gasteiger partial charge in [-0.2, -0.15) is 8.78 Å². The average Bonchev–Trinajstić information content (AvgIpc) is 2.26. The maximum absolute atomic E-state index is 13.5. The molecule has 0 radical (unpaired) electrons. The topological polar surface area (TPSA) is 52.3 Å². The molecule has 0 heterocycles. The van der Waals surface area contributed by atoms with Crippen molar-refractivity contribution in [1.29, 1.82) is 0 Å². The molecule has 88 valence electrons. The Labute approximate surface area is 92.2 Å². The van der Waals surface area contributed by atoms with Crippen LogP contribution in [0.2, 0.25) is 0 Å². The molecule has 0 aliphatic rings. The van der Waals surface area contributed by atoms with Gasteiger partial charge in [0.15, 0.2) is 6.61 Å². The van der Waals surface area contributed by atoms with Crippen molar-refractivity contribution in [3.63, 3.8) is 0 Å². The van der Waals surface area contributed by atoms with Crippen LogP contribution in [0.25, 0.3) is 0 Å². The molecule has 1 aromatic carbocycles. The standard InChI is InChI=1S/C11H13F2NO2/c1-8(14)9-3-2-4-10(5-9)11(12,13)6-16-7-15/h2-5,7-8H,6,14H2,1H3/t8-/m1/s1. The van der Waals surface area contributed by atoms with Gasteiger partial charge < -0.3 is 10.5 Å². The molecule has 1 atom stereocenters. The van der Waals surface area contributed by atoms with Crippen molar-refractivity contribution in [3.8, 4) is 0 Å². The van der Waals surface area contributed by atoms with E-state index in [1.165, 1.54) is 18.2 Å². The van der Waals surface area contributed by atoms with Crippen LogP contribution in [0.15, 0.2) is 24.3 Å². The monoisotopic (exact) mass is 229 g/mol. The summed E-state index contributed by atoms with van der Waals surface area (Å²) in [6.07, 6.45) is 0. The van der Waals surface area contributed by atoms with Crippen molar-refractivity contribution in [2.24, 2.45) is 5.73 Å². The molecule has 2 N–H and O–H groups in total. The minimum Gasteiger partial charge on any atom is -0.461 e. The van der Waals surface area contributed by atoms with Gasteiger partial charge in [-0.25, -0.2) is 0 Å². The first kappa shape index (κ1) is 12.6. The Hall–Kier alpha value is -1.49. The van der Waals surface area contributed by atoms with Gasteiger partial charge in [0.25, 0.3) is 6.47 Å². The third-order valence-electron chi connectivity index (χ3n) is 2.17. The Balaban J connectivity index is 2.93. The SMILES string of the molecule is C[C@@H](N)c1cccc(C(F)(F)COC=O)c1. The Morgan fingerprint density at radius 2 is 2.25 bits per heavy atom. The third kappa shape index (κ3) is 3.00. The highest BCUT2D eigenvalue weighted by atomic mass is 19.3. The molecule has 0 spiro atoms. The summed E-state index contributed by atoms with van der Waals surface area (Å²) in [6.45, 7) is 0.751. The zero-order chi connectivity index (χ0) is 12.2. The Morgan fingerprint density at radius 1 is 1.56 bits per heavy atom. The molecule has 0 unspecified atom stereocenters. The number of nitrogens with two attached hydrogens (primary N) is 1. The molecule has 0 aliphatic carbocycles. The molecule has 0 saturated heterocycles. The van der Waals surface area contributed by atoms with Gasteiger partial charge in [0.2, 0.25) is 0 Å². The van der Waals surface area contributed by atoms with Crippen LogP contribution in [0, 0.1) is 0 Å². The molecule has 5 heteroatoms. The number of halogens is 2. The summed E-state index contributed by atoms with van der Waals surface area (Å²) < 4.78 is 31.0. The van der Waals surface area contributed by atoms with E-state index in [9.17, 15) is 13.6 Å². The van der Waals surface area contributed by atoms with E-state index in [1.54, 1.807) is 13.0 Å². The third-order valence-corrected chi connectivity index (χ3v) is 2.17. The smallest absolute Gasteiger partial charge is 0.306 e. The van der Waals surface area contributed by atoms with Gasteiger partial charge in [0.05, 0.1) is 0 Å². The molecular weight excluding hydrogens is 216 g/mol. The van der Waals surface area contributed by atoms with E-state index >= 15 is 0 Å². The van der Waals surface area contributed by atoms with E-state index in [0.29, 0.717) is 5.56 Å². The van der Waals surface area contributed by atoms with E-state index in [0.717, 1.165) is 0 Å². The summed E-state index contributed by atoms with van der Waals surface area (Å²) in [7, 11) is 0. The second kappa shape index (κ2) is 5.03. The van der Waals surface area contributed by atoms with Gasteiger partial charge in [0.1, 0.15) is 0 Å². The molecule has 0 saturated carbocycles. The van der Waals surface area contributed by atoms with Crippen LogP contribution in [-0.4, -0.2) is 13.1 Å². The summed E-state index contributed by atoms with van der Waals surface area (Å²) >= 11 is 0. The zero-order valence-corrected chi connectivity index (χ0v) is 8.82. The lowest BCUT2D eigenvalue weighted by Crippen LogP contribution is -2.21. The number of hydrogen-bond donors (Lipinski definition) is 1. The first-order valence-corrected chi connectivity index (χ1v) is 4.76. The number of rotatable bonds is 5. The van der Waals surface area contributed by atoms with Crippen LogP contribution in [0.3, 0.4) is 0 Å². The van der Waals surface area contributed by atoms with Crippen molar-refractivity contribution in [3.05, 3.63) is 35.4 Å². The lowest BCUT2D eigenvalue weighted by atomic mass is 10.0. The molecule has 0 amide bonds. The summed E-state index contributed by atoms with van der Waals surface area (Å²) in [4.78, 5) is 9.88. The molecule has 1 rings (SSSR count). The van der Waals surface area contributed by atoms with Crippen molar-refractivity contribution >= 4 is 6.47 Å². The summed E-state index contributed by atoms with van der Waals surface area (Å²) in [5, 5.41) is 0. The van der Waals surface area contributed by atoms with Gasteiger partial charge in [0, 0.05) is 11.6 Å². The second-order valence-corrected chi connectivity index (χ2v) is 3.53. The number of ether oxygens (including phenoxy) is 1. The van der Waals surface area contributed by atoms with Gasteiger partial charge in [-0.3, -0.25) is 4.79 Å². The Bertz CT molecular complexity index is 367. The number of carbonyl (C=O) groups excluding carboxylic acids is 1. The highest BCUT2D eigenvalue weighted by molar-refractivity contribution is 5.37. The predicted octanol–water partition coefficient (Wildman–Crippen LogP) is 1.97. The van der Waals surface area contributed by atoms with Crippen LogP contribution in [-0.2, 0) is 15.5 Å². The fourth-order valence-electron chi connectivity index (χ4n) is 1.27. The fraction of sp³-hybridized carbons (Fsp3) is 0.364. The van der Waals surface area contributed by atoms with E-state index in [2.05, 4.69) is 4.74 Å². The van der Waals surface area contributed by atoms with Crippen LogP contribution in [0.1, 0.15) is 24.1 Å². The first-order chi connectivity index (χ1) is 7.47. The number of carbonyl (C=O) groups is 1. The van der Waals surface area contributed by atoms with Crippen molar-refractivity contribution in [2.75, 3.05) is 6.61 Å². The Morgan fingerprint density at radius 3 is 2.81 bits per heavy atom. The van der Waals surface area contributed by atoms with Crippen LogP contribution in [0.4, 0.5) is 8.78 Å². The molecule has 0 fully saturated rings. The van der Waals surface area contributed by atoms with E-state index < -0.39 is 12.5 Å². The quantitative estimate of drug-likeness (QED) is 0.785. The summed E-state index contributed by atoms with van der Waals surface area (Å²) in [5.41, 5.74) is 6.00. The molecule has 0 aliphatic heterocycles. The summed E-state index contributed by atoms with van der Waals surface area (Å²) in [5.74, 6) is -3.19. The van der Waals surface area contributed by atoms with Crippen molar-refractivity contribution in [2.45, 2.75) is 18.9 Å². The van der Waals surface area contributed by atoms with Crippen molar-refractivity contribution in [1.82, 2.24) is 0 Å². The molecule has 1 aromatic rings. The lowest BCUT2D eigenvalue weighted by Gasteiger charge is -2.17. The predicted molar refractivity (Wildman–Crippen MR) is 55.0 cm³/mol. The van der Waals surface area contributed by atoms with Gasteiger partial charge in [-0.1, -0.05) is 18.2 Å². The molecule has 3 nitrogen and oxygen atoms in total. The normalized spacial score (nSPS) is 13.2. The van der Waals surface area contributed by atoms with Crippen LogP contribution in [0.5, 0.6) is 0 Å². The lowest BCUT2D eigenvalue weighted by molar-refractivity contribution is -0.141. The van der Waals surface area contributed by atoms with Gasteiger partial charge in [-0.15, -0.1) is 0 Å². The van der Waals surface area contributed by atoms with Crippen molar-refractivity contribution < 1.29 is 18.3 Å². The van der Waals surface area contributed by atoms with Gasteiger partial charge in [-0.05, 0) is 18.6 Å². The summed E-state index contributed by atoms with van der Waals surface area (Å²) in [6, 6.07) is 5.45. The maximum Gasteiger partial charge on any atom is 0.306 e. The van der Waals surface area contributed by atoms with Gasteiger partial charge >= 0.3 is 5.92 Å². The molecule has 16 heavy (non-hydrogen) atoms. The average molecular weight is 229 g/mol. The highest BCUT2D eigenvalue weighted by Gasteiger charge is 2.32. The van der Waals surface area contributed by atoms with E-state index in [1.807, 2.05) is 0 Å².